The summed E-state index contributed by atoms with van der Waals surface area (Å²) in [7, 11) is 0. The van der Waals surface area contributed by atoms with Crippen molar-refractivity contribution in [1.29, 1.82) is 0 Å². The normalized spacial score (nSPS) is 17.4. The fourth-order valence-electron chi connectivity index (χ4n) is 3.98. The number of rotatable bonds is 2. The monoisotopic (exact) mass is 383 g/mol. The first-order chi connectivity index (χ1) is 13.5. The zero-order valence-electron chi connectivity index (χ0n) is 15.3. The topological polar surface area (TPSA) is 55.2 Å². The summed E-state index contributed by atoms with van der Waals surface area (Å²) in [5.74, 6) is -2.22. The highest BCUT2D eigenvalue weighted by molar-refractivity contribution is 5.99. The van der Waals surface area contributed by atoms with Crippen LogP contribution in [0.4, 0.5) is 8.78 Å². The first-order valence-electron chi connectivity index (χ1n) is 9.67. The molecule has 1 amide bonds. The number of carbonyl (C=O) groups is 1. The van der Waals surface area contributed by atoms with E-state index in [2.05, 4.69) is 4.98 Å². The average Bonchev–Trinajstić information content (AvgIpc) is 3.54. The molecule has 2 aromatic heterocycles. The van der Waals surface area contributed by atoms with E-state index in [1.54, 1.807) is 11.1 Å². The maximum Gasteiger partial charge on any atom is 0.259 e. The standard InChI is InChI=1S/C21H19F2N3O2/c22-16-9-12-8-14-19(27)15(21(28)25-6-2-1-3-7-25)11-26(13-4-5-13)20(14)24-18(12)10-17(16)23/h8-11,13H,1-7H2. The van der Waals surface area contributed by atoms with Crippen LogP contribution in [0.1, 0.15) is 48.5 Å². The maximum atomic E-state index is 13.7. The number of halogens is 2. The second-order valence-corrected chi connectivity index (χ2v) is 7.68. The Hall–Kier alpha value is -2.83. The molecule has 0 radical (unpaired) electrons. The number of hydrogen-bond donors (Lipinski definition) is 0. The van der Waals surface area contributed by atoms with Gasteiger partial charge in [-0.2, -0.15) is 0 Å². The van der Waals surface area contributed by atoms with E-state index in [1.807, 2.05) is 4.57 Å². The lowest BCUT2D eigenvalue weighted by Crippen LogP contribution is -2.38. The number of fused-ring (bicyclic) bond motifs is 2. The average molecular weight is 383 g/mol. The van der Waals surface area contributed by atoms with Crippen molar-refractivity contribution in [2.24, 2.45) is 0 Å². The molecule has 2 fully saturated rings. The SMILES string of the molecule is O=C(c1cn(C2CC2)c2nc3cc(F)c(F)cc3cc2c1=O)N1CCCCC1. The van der Waals surface area contributed by atoms with Gasteiger partial charge in [-0.05, 0) is 44.2 Å². The summed E-state index contributed by atoms with van der Waals surface area (Å²) >= 11 is 0. The van der Waals surface area contributed by atoms with Crippen molar-refractivity contribution in [3.63, 3.8) is 0 Å². The molecule has 5 nitrogen and oxygen atoms in total. The molecule has 0 bridgehead atoms. The van der Waals surface area contributed by atoms with Gasteiger partial charge in [0.05, 0.1) is 10.9 Å². The highest BCUT2D eigenvalue weighted by Gasteiger charge is 2.29. The predicted octanol–water partition coefficient (Wildman–Crippen LogP) is 3.79. The Labute approximate surface area is 159 Å². The van der Waals surface area contributed by atoms with Crippen molar-refractivity contribution in [3.05, 3.63) is 51.8 Å². The van der Waals surface area contributed by atoms with E-state index < -0.39 is 17.1 Å². The van der Waals surface area contributed by atoms with Crippen LogP contribution in [0, 0.1) is 11.6 Å². The molecule has 1 saturated carbocycles. The molecule has 0 spiro atoms. The molecule has 1 aliphatic heterocycles. The fourth-order valence-corrected chi connectivity index (χ4v) is 3.98. The van der Waals surface area contributed by atoms with E-state index in [0.29, 0.717) is 24.1 Å². The number of piperidine rings is 1. The second kappa shape index (κ2) is 6.36. The molecule has 0 unspecified atom stereocenters. The number of benzene rings is 1. The number of pyridine rings is 2. The van der Waals surface area contributed by atoms with Gasteiger partial charge in [0.1, 0.15) is 11.2 Å². The predicted molar refractivity (Wildman–Crippen MR) is 101 cm³/mol. The van der Waals surface area contributed by atoms with Crippen molar-refractivity contribution < 1.29 is 13.6 Å². The molecule has 1 aliphatic carbocycles. The Morgan fingerprint density at radius 1 is 1.04 bits per heavy atom. The number of amides is 1. The van der Waals surface area contributed by atoms with Crippen molar-refractivity contribution in [3.8, 4) is 0 Å². The van der Waals surface area contributed by atoms with Gasteiger partial charge in [0, 0.05) is 36.8 Å². The van der Waals surface area contributed by atoms with Crippen LogP contribution < -0.4 is 5.43 Å². The molecule has 0 atom stereocenters. The highest BCUT2D eigenvalue weighted by atomic mass is 19.2. The maximum absolute atomic E-state index is 13.7. The van der Waals surface area contributed by atoms with Crippen molar-refractivity contribution in [1.82, 2.24) is 14.5 Å². The Balaban J connectivity index is 1.75. The van der Waals surface area contributed by atoms with Crippen LogP contribution in [-0.4, -0.2) is 33.4 Å². The summed E-state index contributed by atoms with van der Waals surface area (Å²) in [4.78, 5) is 32.3. The molecule has 5 rings (SSSR count). The Bertz CT molecular complexity index is 1180. The molecule has 2 aliphatic rings. The lowest BCUT2D eigenvalue weighted by Gasteiger charge is -2.27. The molecule has 144 valence electrons. The molecule has 0 N–H and O–H groups in total. The number of aromatic nitrogens is 2. The van der Waals surface area contributed by atoms with E-state index in [-0.39, 0.29) is 28.4 Å². The lowest BCUT2D eigenvalue weighted by atomic mass is 10.1. The summed E-state index contributed by atoms with van der Waals surface area (Å²) in [6.07, 6.45) is 6.45. The fraction of sp³-hybridized carbons (Fsp3) is 0.381. The quantitative estimate of drug-likeness (QED) is 0.633. The molecular formula is C21H19F2N3O2. The van der Waals surface area contributed by atoms with Crippen LogP contribution in [-0.2, 0) is 0 Å². The number of likely N-dealkylation sites (tertiary alicyclic amines) is 1. The molecule has 1 aromatic carbocycles. The molecule has 28 heavy (non-hydrogen) atoms. The van der Waals surface area contributed by atoms with Gasteiger partial charge in [0.25, 0.3) is 5.91 Å². The first kappa shape index (κ1) is 17.3. The third kappa shape index (κ3) is 2.77. The van der Waals surface area contributed by atoms with Gasteiger partial charge in [-0.1, -0.05) is 0 Å². The van der Waals surface area contributed by atoms with Crippen molar-refractivity contribution in [2.75, 3.05) is 13.1 Å². The van der Waals surface area contributed by atoms with Gasteiger partial charge in [-0.3, -0.25) is 9.59 Å². The molecule has 3 heterocycles. The van der Waals surface area contributed by atoms with E-state index in [0.717, 1.165) is 44.2 Å². The minimum Gasteiger partial charge on any atom is -0.338 e. The van der Waals surface area contributed by atoms with Crippen LogP contribution in [0.3, 0.4) is 0 Å². The summed E-state index contributed by atoms with van der Waals surface area (Å²) < 4.78 is 29.2. The summed E-state index contributed by atoms with van der Waals surface area (Å²) in [5, 5.41) is 0.613. The van der Waals surface area contributed by atoms with Gasteiger partial charge < -0.3 is 9.47 Å². The molecule has 3 aromatic rings. The van der Waals surface area contributed by atoms with Crippen LogP contribution in [0.15, 0.2) is 29.2 Å². The van der Waals surface area contributed by atoms with Crippen molar-refractivity contribution in [2.45, 2.75) is 38.1 Å². The van der Waals surface area contributed by atoms with Gasteiger partial charge >= 0.3 is 0 Å². The third-order valence-electron chi connectivity index (χ3n) is 5.65. The number of carbonyl (C=O) groups excluding carboxylic acids is 1. The summed E-state index contributed by atoms with van der Waals surface area (Å²) in [5.41, 5.74) is 0.433. The van der Waals surface area contributed by atoms with Crippen LogP contribution in [0.5, 0.6) is 0 Å². The Morgan fingerprint density at radius 2 is 1.75 bits per heavy atom. The van der Waals surface area contributed by atoms with Crippen LogP contribution in [0.2, 0.25) is 0 Å². The second-order valence-electron chi connectivity index (χ2n) is 7.68. The zero-order chi connectivity index (χ0) is 19.4. The van der Waals surface area contributed by atoms with Crippen molar-refractivity contribution >= 4 is 27.8 Å². The van der Waals surface area contributed by atoms with E-state index in [4.69, 9.17) is 0 Å². The van der Waals surface area contributed by atoms with Gasteiger partial charge in [-0.25, -0.2) is 13.8 Å². The van der Waals surface area contributed by atoms with Gasteiger partial charge in [0.2, 0.25) is 5.43 Å². The van der Waals surface area contributed by atoms with E-state index >= 15 is 0 Å². The Kier molecular flexibility index (Phi) is 3.92. The Morgan fingerprint density at radius 3 is 2.46 bits per heavy atom. The van der Waals surface area contributed by atoms with E-state index in [1.165, 1.54) is 6.07 Å². The summed E-state index contributed by atoms with van der Waals surface area (Å²) in [6, 6.07) is 3.77. The molecule has 1 saturated heterocycles. The van der Waals surface area contributed by atoms with Crippen LogP contribution in [0.25, 0.3) is 21.9 Å². The smallest absolute Gasteiger partial charge is 0.259 e. The van der Waals surface area contributed by atoms with Crippen LogP contribution >= 0.6 is 0 Å². The summed E-state index contributed by atoms with van der Waals surface area (Å²) in [6.45, 7) is 1.31. The number of nitrogens with zero attached hydrogens (tertiary/aromatic N) is 3. The highest BCUT2D eigenvalue weighted by Crippen LogP contribution is 2.37. The zero-order valence-corrected chi connectivity index (χ0v) is 15.3. The largest absolute Gasteiger partial charge is 0.338 e. The lowest BCUT2D eigenvalue weighted by molar-refractivity contribution is 0.0722. The third-order valence-corrected chi connectivity index (χ3v) is 5.65. The minimum atomic E-state index is -0.989. The van der Waals surface area contributed by atoms with Gasteiger partial charge in [0.15, 0.2) is 11.6 Å². The minimum absolute atomic E-state index is 0.130. The number of hydrogen-bond acceptors (Lipinski definition) is 3. The van der Waals surface area contributed by atoms with E-state index in [9.17, 15) is 18.4 Å². The molecule has 7 heteroatoms. The van der Waals surface area contributed by atoms with Gasteiger partial charge in [-0.15, -0.1) is 0 Å². The molecular weight excluding hydrogens is 364 g/mol. The first-order valence-corrected chi connectivity index (χ1v) is 9.67.